The van der Waals surface area contributed by atoms with Crippen molar-refractivity contribution in [1.82, 2.24) is 24.4 Å². The molecule has 0 aliphatic heterocycles. The van der Waals surface area contributed by atoms with Crippen LogP contribution in [0.5, 0.6) is 0 Å². The number of nitrogens with one attached hydrogen (secondary N) is 1. The van der Waals surface area contributed by atoms with Gasteiger partial charge in [0.25, 0.3) is 5.91 Å². The van der Waals surface area contributed by atoms with Gasteiger partial charge >= 0.3 is 6.18 Å². The van der Waals surface area contributed by atoms with E-state index < -0.39 is 17.8 Å². The Bertz CT molecular complexity index is 1660. The van der Waals surface area contributed by atoms with Gasteiger partial charge in [-0.2, -0.15) is 23.4 Å². The SMILES string of the molecule is CC(C)c1ccc(-c2cc(C(F)(F)F)n3ncc(C(=O)Nc4nn(Cc5ccc(F)cc5)cc4Cl)c3n2)cc1. The maximum Gasteiger partial charge on any atom is 0.433 e. The van der Waals surface area contributed by atoms with E-state index in [1.807, 2.05) is 26.0 Å². The highest BCUT2D eigenvalue weighted by Gasteiger charge is 2.36. The van der Waals surface area contributed by atoms with E-state index in [0.29, 0.717) is 10.1 Å². The number of anilines is 1. The van der Waals surface area contributed by atoms with Crippen LogP contribution in [-0.4, -0.2) is 30.3 Å². The van der Waals surface area contributed by atoms with Gasteiger partial charge in [-0.3, -0.25) is 9.48 Å². The number of carbonyl (C=O) groups excluding carboxylic acids is 1. The topological polar surface area (TPSA) is 77.1 Å². The van der Waals surface area contributed by atoms with Crippen LogP contribution < -0.4 is 5.32 Å². The summed E-state index contributed by atoms with van der Waals surface area (Å²) in [6.07, 6.45) is -2.27. The van der Waals surface area contributed by atoms with Crippen LogP contribution >= 0.6 is 11.6 Å². The predicted octanol–water partition coefficient (Wildman–Crippen LogP) is 6.83. The molecule has 0 fully saturated rings. The minimum absolute atomic E-state index is 0.000369. The molecule has 5 rings (SSSR count). The van der Waals surface area contributed by atoms with Crippen molar-refractivity contribution < 1.29 is 22.4 Å². The number of nitrogens with zero attached hydrogens (tertiary/aromatic N) is 5. The highest BCUT2D eigenvalue weighted by molar-refractivity contribution is 6.33. The summed E-state index contributed by atoms with van der Waals surface area (Å²) in [5.41, 5.74) is 0.738. The predicted molar refractivity (Wildman–Crippen MR) is 138 cm³/mol. The second-order valence-corrected chi connectivity index (χ2v) is 9.61. The van der Waals surface area contributed by atoms with E-state index >= 15 is 0 Å². The zero-order valence-electron chi connectivity index (χ0n) is 20.7. The molecule has 200 valence electrons. The van der Waals surface area contributed by atoms with Gasteiger partial charge in [0, 0.05) is 11.8 Å². The van der Waals surface area contributed by atoms with Crippen LogP contribution in [0.4, 0.5) is 23.4 Å². The Labute approximate surface area is 225 Å². The lowest BCUT2D eigenvalue weighted by molar-refractivity contribution is -0.142. The molecule has 0 atom stereocenters. The Kier molecular flexibility index (Phi) is 6.85. The molecule has 0 saturated carbocycles. The molecule has 12 heteroatoms. The first kappa shape index (κ1) is 26.4. The molecule has 0 unspecified atom stereocenters. The van der Waals surface area contributed by atoms with Gasteiger partial charge in [-0.1, -0.05) is 61.8 Å². The van der Waals surface area contributed by atoms with Crippen molar-refractivity contribution in [3.05, 3.63) is 100 Å². The fourth-order valence-corrected chi connectivity index (χ4v) is 4.22. The van der Waals surface area contributed by atoms with Crippen molar-refractivity contribution in [2.75, 3.05) is 5.32 Å². The molecule has 1 amide bonds. The van der Waals surface area contributed by atoms with Gasteiger partial charge in [-0.15, -0.1) is 0 Å². The Morgan fingerprint density at radius 2 is 1.77 bits per heavy atom. The number of alkyl halides is 3. The highest BCUT2D eigenvalue weighted by Crippen LogP contribution is 2.33. The van der Waals surface area contributed by atoms with Crippen molar-refractivity contribution in [3.63, 3.8) is 0 Å². The summed E-state index contributed by atoms with van der Waals surface area (Å²) in [5, 5.41) is 10.7. The molecule has 39 heavy (non-hydrogen) atoms. The van der Waals surface area contributed by atoms with Crippen molar-refractivity contribution in [2.45, 2.75) is 32.5 Å². The van der Waals surface area contributed by atoms with Gasteiger partial charge < -0.3 is 5.32 Å². The lowest BCUT2D eigenvalue weighted by Gasteiger charge is -2.12. The maximum absolute atomic E-state index is 14.0. The first-order valence-electron chi connectivity index (χ1n) is 11.8. The molecule has 0 aliphatic carbocycles. The number of hydrogen-bond donors (Lipinski definition) is 1. The molecule has 0 saturated heterocycles. The molecular formula is C27H21ClF4N6O. The average molecular weight is 557 g/mol. The molecular weight excluding hydrogens is 536 g/mol. The number of benzene rings is 2. The Hall–Kier alpha value is -4.25. The molecule has 3 aromatic heterocycles. The van der Waals surface area contributed by atoms with Crippen molar-refractivity contribution in [2.24, 2.45) is 0 Å². The maximum atomic E-state index is 14.0. The molecule has 1 N–H and O–H groups in total. The molecule has 2 aromatic carbocycles. The lowest BCUT2D eigenvalue weighted by Crippen LogP contribution is -2.16. The molecule has 5 aromatic rings. The number of amides is 1. The van der Waals surface area contributed by atoms with Crippen LogP contribution in [0.2, 0.25) is 5.02 Å². The molecule has 3 heterocycles. The normalized spacial score (nSPS) is 11.9. The summed E-state index contributed by atoms with van der Waals surface area (Å²) in [5.74, 6) is -0.917. The summed E-state index contributed by atoms with van der Waals surface area (Å²) < 4.78 is 57.1. The summed E-state index contributed by atoms with van der Waals surface area (Å²) in [6.45, 7) is 4.27. The summed E-state index contributed by atoms with van der Waals surface area (Å²) >= 11 is 6.24. The Balaban J connectivity index is 1.48. The molecule has 0 spiro atoms. The number of carbonyl (C=O) groups is 1. The number of aromatic nitrogens is 5. The monoisotopic (exact) mass is 556 g/mol. The standard InChI is InChI=1S/C27H21ClF4N6O/c1-15(2)17-5-7-18(8-6-17)22-11-23(27(30,31)32)38-25(34-22)20(12-33-38)26(39)35-24-21(28)14-37(36-24)13-16-3-9-19(29)10-4-16/h3-12,14-15H,13H2,1-2H3,(H,35,36,39). The number of hydrogen-bond acceptors (Lipinski definition) is 4. The summed E-state index contributed by atoms with van der Waals surface area (Å²) in [6, 6.07) is 13.7. The van der Waals surface area contributed by atoms with Crippen LogP contribution in [0.25, 0.3) is 16.9 Å². The Morgan fingerprint density at radius 1 is 1.08 bits per heavy atom. The molecule has 0 bridgehead atoms. The van der Waals surface area contributed by atoms with E-state index in [9.17, 15) is 22.4 Å². The third-order valence-electron chi connectivity index (χ3n) is 6.09. The second kappa shape index (κ2) is 10.1. The van der Waals surface area contributed by atoms with E-state index in [1.165, 1.54) is 23.0 Å². The number of fused-ring (bicyclic) bond motifs is 1. The Morgan fingerprint density at radius 3 is 2.41 bits per heavy atom. The number of halogens is 5. The number of rotatable bonds is 6. The fourth-order valence-electron chi connectivity index (χ4n) is 4.03. The zero-order chi connectivity index (χ0) is 27.9. The van der Waals surface area contributed by atoms with Crippen LogP contribution in [0.3, 0.4) is 0 Å². The van der Waals surface area contributed by atoms with Crippen molar-refractivity contribution in [3.8, 4) is 11.3 Å². The minimum atomic E-state index is -4.75. The fraction of sp³-hybridized carbons (Fsp3) is 0.185. The zero-order valence-corrected chi connectivity index (χ0v) is 21.4. The van der Waals surface area contributed by atoms with E-state index in [1.54, 1.807) is 24.3 Å². The van der Waals surface area contributed by atoms with E-state index in [0.717, 1.165) is 23.4 Å². The summed E-state index contributed by atoms with van der Waals surface area (Å²) in [7, 11) is 0. The van der Waals surface area contributed by atoms with E-state index in [2.05, 4.69) is 20.5 Å². The summed E-state index contributed by atoms with van der Waals surface area (Å²) in [4.78, 5) is 17.5. The van der Waals surface area contributed by atoms with Gasteiger partial charge in [0.05, 0.1) is 18.4 Å². The van der Waals surface area contributed by atoms with Gasteiger partial charge in [0.2, 0.25) is 0 Å². The largest absolute Gasteiger partial charge is 0.433 e. The van der Waals surface area contributed by atoms with E-state index in [-0.39, 0.29) is 46.0 Å². The van der Waals surface area contributed by atoms with Crippen LogP contribution in [0, 0.1) is 5.82 Å². The second-order valence-electron chi connectivity index (χ2n) is 9.20. The first-order valence-corrected chi connectivity index (χ1v) is 12.2. The van der Waals surface area contributed by atoms with Crippen LogP contribution in [0.15, 0.2) is 67.0 Å². The van der Waals surface area contributed by atoms with Crippen molar-refractivity contribution in [1.29, 1.82) is 0 Å². The smallest absolute Gasteiger partial charge is 0.304 e. The molecule has 0 aliphatic rings. The highest BCUT2D eigenvalue weighted by atomic mass is 35.5. The first-order chi connectivity index (χ1) is 18.5. The van der Waals surface area contributed by atoms with Crippen LogP contribution in [-0.2, 0) is 12.7 Å². The quantitative estimate of drug-likeness (QED) is 0.233. The van der Waals surface area contributed by atoms with Gasteiger partial charge in [-0.05, 0) is 35.2 Å². The molecule has 7 nitrogen and oxygen atoms in total. The minimum Gasteiger partial charge on any atom is -0.304 e. The van der Waals surface area contributed by atoms with Gasteiger partial charge in [0.15, 0.2) is 17.2 Å². The van der Waals surface area contributed by atoms with Crippen molar-refractivity contribution >= 4 is 29.0 Å². The third kappa shape index (κ3) is 5.49. The lowest BCUT2D eigenvalue weighted by atomic mass is 10.0. The van der Waals surface area contributed by atoms with Gasteiger partial charge in [0.1, 0.15) is 16.4 Å². The van der Waals surface area contributed by atoms with Crippen LogP contribution in [0.1, 0.15) is 46.9 Å². The average Bonchev–Trinajstić information content (AvgIpc) is 3.47. The third-order valence-corrected chi connectivity index (χ3v) is 6.36. The van der Waals surface area contributed by atoms with E-state index in [4.69, 9.17) is 11.6 Å². The molecule has 0 radical (unpaired) electrons. The van der Waals surface area contributed by atoms with Gasteiger partial charge in [-0.25, -0.2) is 13.9 Å².